The molecule has 1 aliphatic carbocycles. The van der Waals surface area contributed by atoms with Crippen molar-refractivity contribution in [2.24, 2.45) is 0 Å². The van der Waals surface area contributed by atoms with Gasteiger partial charge in [0.1, 0.15) is 0 Å². The number of hydrogen-bond acceptors (Lipinski definition) is 5. The fourth-order valence-corrected chi connectivity index (χ4v) is 3.83. The second kappa shape index (κ2) is 6.13. The maximum absolute atomic E-state index is 12.0. The summed E-state index contributed by atoms with van der Waals surface area (Å²) < 4.78 is 26.7. The molecule has 7 heteroatoms. The molecule has 1 fully saturated rings. The van der Waals surface area contributed by atoms with Crippen LogP contribution in [0.4, 0.5) is 5.69 Å². The zero-order valence-corrected chi connectivity index (χ0v) is 13.1. The van der Waals surface area contributed by atoms with Crippen LogP contribution in [0.25, 0.3) is 0 Å². The van der Waals surface area contributed by atoms with E-state index in [4.69, 9.17) is 0 Å². The fraction of sp³-hybridized carbons (Fsp3) is 0.357. The predicted molar refractivity (Wildman–Crippen MR) is 84.1 cm³/mol. The lowest BCUT2D eigenvalue weighted by atomic mass is 10.3. The molecule has 5 nitrogen and oxygen atoms in total. The number of thiazole rings is 1. The van der Waals surface area contributed by atoms with Gasteiger partial charge in [0.15, 0.2) is 0 Å². The summed E-state index contributed by atoms with van der Waals surface area (Å²) in [6.45, 7) is 0.774. The molecule has 0 atom stereocenters. The van der Waals surface area contributed by atoms with E-state index in [0.29, 0.717) is 4.90 Å². The van der Waals surface area contributed by atoms with E-state index in [1.165, 1.54) is 0 Å². The minimum Gasteiger partial charge on any atom is -0.385 e. The Kier molecular flexibility index (Phi) is 4.23. The van der Waals surface area contributed by atoms with Crippen molar-refractivity contribution in [1.82, 2.24) is 9.71 Å². The van der Waals surface area contributed by atoms with E-state index in [9.17, 15) is 8.42 Å². The zero-order chi connectivity index (χ0) is 14.7. The van der Waals surface area contributed by atoms with Crippen molar-refractivity contribution in [2.45, 2.75) is 30.2 Å². The summed E-state index contributed by atoms with van der Waals surface area (Å²) in [5.41, 5.74) is 3.80. The van der Waals surface area contributed by atoms with Gasteiger partial charge in [0, 0.05) is 30.1 Å². The van der Waals surface area contributed by atoms with Gasteiger partial charge in [-0.2, -0.15) is 0 Å². The van der Waals surface area contributed by atoms with Crippen LogP contribution in [0.3, 0.4) is 0 Å². The highest BCUT2D eigenvalue weighted by Crippen LogP contribution is 2.22. The third-order valence-corrected chi connectivity index (χ3v) is 5.43. The summed E-state index contributed by atoms with van der Waals surface area (Å²) in [6, 6.07) is 6.99. The summed E-state index contributed by atoms with van der Waals surface area (Å²) >= 11 is 1.59. The van der Waals surface area contributed by atoms with Gasteiger partial charge in [-0.1, -0.05) is 0 Å². The van der Waals surface area contributed by atoms with Crippen LogP contribution in [0.1, 0.15) is 18.5 Å². The molecule has 1 aromatic carbocycles. The molecule has 0 unspecified atom stereocenters. The first-order valence-corrected chi connectivity index (χ1v) is 9.29. The van der Waals surface area contributed by atoms with E-state index in [0.717, 1.165) is 37.2 Å². The lowest BCUT2D eigenvalue weighted by Gasteiger charge is -2.08. The predicted octanol–water partition coefficient (Wildman–Crippen LogP) is 2.24. The molecule has 0 radical (unpaired) electrons. The van der Waals surface area contributed by atoms with Gasteiger partial charge in [0.2, 0.25) is 10.0 Å². The molecule has 1 saturated carbocycles. The zero-order valence-electron chi connectivity index (χ0n) is 11.5. The molecule has 1 heterocycles. The molecule has 1 aromatic heterocycles. The Balaban J connectivity index is 1.56. The Labute approximate surface area is 128 Å². The van der Waals surface area contributed by atoms with Gasteiger partial charge in [-0.05, 0) is 37.1 Å². The maximum atomic E-state index is 12.0. The molecule has 112 valence electrons. The van der Waals surface area contributed by atoms with Gasteiger partial charge in [0.05, 0.1) is 16.1 Å². The van der Waals surface area contributed by atoms with Crippen molar-refractivity contribution in [3.63, 3.8) is 0 Å². The number of nitrogens with zero attached hydrogens (tertiary/aromatic N) is 1. The summed E-state index contributed by atoms with van der Waals surface area (Å²) in [5, 5.41) is 5.29. The van der Waals surface area contributed by atoms with Gasteiger partial charge in [-0.25, -0.2) is 18.1 Å². The van der Waals surface area contributed by atoms with E-state index >= 15 is 0 Å². The Morgan fingerprint density at radius 2 is 2.00 bits per heavy atom. The van der Waals surface area contributed by atoms with E-state index in [1.807, 2.05) is 10.9 Å². The Morgan fingerprint density at radius 1 is 1.24 bits per heavy atom. The standard InChI is InChI=1S/C14H17N3O2S2/c18-21(19,17-12-1-2-12)14-5-3-11(4-6-14)15-8-7-13-9-20-10-16-13/h3-6,9-10,12,15,17H,1-2,7-8H2. The average molecular weight is 323 g/mol. The molecule has 0 saturated heterocycles. The van der Waals surface area contributed by atoms with Gasteiger partial charge in [0.25, 0.3) is 0 Å². The minimum absolute atomic E-state index is 0.130. The Bertz CT molecular complexity index is 678. The van der Waals surface area contributed by atoms with Crippen LogP contribution in [0.2, 0.25) is 0 Å². The fourth-order valence-electron chi connectivity index (χ4n) is 1.94. The lowest BCUT2D eigenvalue weighted by Crippen LogP contribution is -2.25. The molecule has 0 amide bonds. The smallest absolute Gasteiger partial charge is 0.240 e. The third-order valence-electron chi connectivity index (χ3n) is 3.26. The summed E-state index contributed by atoms with van der Waals surface area (Å²) in [4.78, 5) is 4.54. The number of hydrogen-bond donors (Lipinski definition) is 2. The average Bonchev–Trinajstić information content (AvgIpc) is 3.11. The number of sulfonamides is 1. The highest BCUT2D eigenvalue weighted by Gasteiger charge is 2.27. The van der Waals surface area contributed by atoms with Crippen LogP contribution in [0.15, 0.2) is 40.1 Å². The van der Waals surface area contributed by atoms with Gasteiger partial charge in [-0.15, -0.1) is 11.3 Å². The monoisotopic (exact) mass is 323 g/mol. The van der Waals surface area contributed by atoms with Crippen molar-refractivity contribution in [3.05, 3.63) is 40.8 Å². The first-order valence-electron chi connectivity index (χ1n) is 6.87. The number of anilines is 1. The Hall–Kier alpha value is -1.44. The molecule has 3 rings (SSSR count). The molecule has 0 spiro atoms. The summed E-state index contributed by atoms with van der Waals surface area (Å²) in [6.07, 6.45) is 2.73. The summed E-state index contributed by atoms with van der Waals surface area (Å²) in [7, 11) is -3.36. The summed E-state index contributed by atoms with van der Waals surface area (Å²) in [5.74, 6) is 0. The number of aromatic nitrogens is 1. The van der Waals surface area contributed by atoms with Gasteiger partial charge < -0.3 is 5.32 Å². The Morgan fingerprint density at radius 3 is 2.62 bits per heavy atom. The van der Waals surface area contributed by atoms with Crippen LogP contribution in [-0.4, -0.2) is 26.0 Å². The van der Waals surface area contributed by atoms with Crippen LogP contribution in [0, 0.1) is 0 Å². The van der Waals surface area contributed by atoms with E-state index in [2.05, 4.69) is 15.0 Å². The topological polar surface area (TPSA) is 71.1 Å². The van der Waals surface area contributed by atoms with Crippen LogP contribution >= 0.6 is 11.3 Å². The molecule has 1 aliphatic rings. The van der Waals surface area contributed by atoms with E-state index in [1.54, 1.807) is 35.6 Å². The second-order valence-electron chi connectivity index (χ2n) is 5.08. The highest BCUT2D eigenvalue weighted by molar-refractivity contribution is 7.89. The van der Waals surface area contributed by atoms with Crippen molar-refractivity contribution in [1.29, 1.82) is 0 Å². The van der Waals surface area contributed by atoms with Crippen molar-refractivity contribution < 1.29 is 8.42 Å². The second-order valence-corrected chi connectivity index (χ2v) is 7.51. The van der Waals surface area contributed by atoms with E-state index in [-0.39, 0.29) is 6.04 Å². The quantitative estimate of drug-likeness (QED) is 0.820. The molecule has 0 aliphatic heterocycles. The van der Waals surface area contributed by atoms with Crippen LogP contribution in [-0.2, 0) is 16.4 Å². The van der Waals surface area contributed by atoms with Gasteiger partial charge in [-0.3, -0.25) is 0 Å². The number of rotatable bonds is 7. The maximum Gasteiger partial charge on any atom is 0.240 e. The van der Waals surface area contributed by atoms with Crippen LogP contribution in [0.5, 0.6) is 0 Å². The number of nitrogens with one attached hydrogen (secondary N) is 2. The van der Waals surface area contributed by atoms with Crippen molar-refractivity contribution >= 4 is 27.0 Å². The normalized spacial score (nSPS) is 15.0. The number of benzene rings is 1. The molecule has 2 aromatic rings. The third kappa shape index (κ3) is 4.03. The first-order chi connectivity index (χ1) is 10.1. The molecular formula is C14H17N3O2S2. The molecule has 21 heavy (non-hydrogen) atoms. The molecular weight excluding hydrogens is 306 g/mol. The molecule has 0 bridgehead atoms. The largest absolute Gasteiger partial charge is 0.385 e. The minimum atomic E-state index is -3.36. The van der Waals surface area contributed by atoms with Crippen molar-refractivity contribution in [2.75, 3.05) is 11.9 Å². The highest BCUT2D eigenvalue weighted by atomic mass is 32.2. The first kappa shape index (κ1) is 14.5. The molecule has 2 N–H and O–H groups in total. The SMILES string of the molecule is O=S(=O)(NC1CC1)c1ccc(NCCc2cscn2)cc1. The lowest BCUT2D eigenvalue weighted by molar-refractivity contribution is 0.581. The van der Waals surface area contributed by atoms with Gasteiger partial charge >= 0.3 is 0 Å². The van der Waals surface area contributed by atoms with Crippen LogP contribution < -0.4 is 10.0 Å². The van der Waals surface area contributed by atoms with Crippen molar-refractivity contribution in [3.8, 4) is 0 Å². The van der Waals surface area contributed by atoms with E-state index < -0.39 is 10.0 Å².